The second kappa shape index (κ2) is 7.45. The maximum absolute atomic E-state index is 12.7. The second-order valence-electron chi connectivity index (χ2n) is 7.49. The zero-order valence-electron chi connectivity index (χ0n) is 14.9. The Morgan fingerprint density at radius 1 is 1.31 bits per heavy atom. The molecule has 1 aromatic rings. The first-order valence-corrected chi connectivity index (χ1v) is 9.48. The van der Waals surface area contributed by atoms with Crippen molar-refractivity contribution >= 4 is 23.5 Å². The molecule has 0 aliphatic carbocycles. The number of hydrogen-bond donors (Lipinski definition) is 2. The van der Waals surface area contributed by atoms with Crippen molar-refractivity contribution in [3.63, 3.8) is 0 Å². The van der Waals surface area contributed by atoms with Crippen LogP contribution in [0, 0.1) is 5.41 Å². The zero-order valence-corrected chi connectivity index (χ0v) is 15.7. The van der Waals surface area contributed by atoms with Crippen LogP contribution in [0.4, 0.5) is 0 Å². The molecule has 2 N–H and O–H groups in total. The fraction of sp³-hybridized carbons (Fsp3) is 0.579. The first-order chi connectivity index (χ1) is 12.3. The minimum atomic E-state index is -0.743. The molecule has 0 unspecified atom stereocenters. The van der Waals surface area contributed by atoms with Gasteiger partial charge in [-0.25, -0.2) is 0 Å². The predicted molar refractivity (Wildman–Crippen MR) is 98.6 cm³/mol. The molecule has 6 nitrogen and oxygen atoms in total. The van der Waals surface area contributed by atoms with Gasteiger partial charge in [0.25, 0.3) is 5.91 Å². The molecule has 1 aromatic carbocycles. The molecule has 1 amide bonds. The Morgan fingerprint density at radius 2 is 2.00 bits per heavy atom. The highest BCUT2D eigenvalue weighted by atomic mass is 35.5. The molecule has 2 aliphatic rings. The maximum atomic E-state index is 12.7. The average Bonchev–Trinajstić information content (AvgIpc) is 2.96. The summed E-state index contributed by atoms with van der Waals surface area (Å²) < 4.78 is 0. The number of amides is 1. The molecule has 1 atom stereocenters. The summed E-state index contributed by atoms with van der Waals surface area (Å²) in [5.41, 5.74) is 0.452. The molecule has 2 fully saturated rings. The number of hydrogen-bond acceptors (Lipinski definition) is 4. The van der Waals surface area contributed by atoms with E-state index in [9.17, 15) is 19.8 Å². The fourth-order valence-electron chi connectivity index (χ4n) is 4.28. The van der Waals surface area contributed by atoms with Gasteiger partial charge in [-0.2, -0.15) is 0 Å². The summed E-state index contributed by atoms with van der Waals surface area (Å²) in [5.74, 6) is -0.880. The molecule has 2 saturated heterocycles. The van der Waals surface area contributed by atoms with E-state index in [1.807, 2.05) is 0 Å². The minimum absolute atomic E-state index is 0.0123. The maximum Gasteiger partial charge on any atom is 0.320 e. The number of rotatable bonds is 4. The van der Waals surface area contributed by atoms with Crippen molar-refractivity contribution in [2.24, 2.45) is 5.41 Å². The lowest BCUT2D eigenvalue weighted by Crippen LogP contribution is -2.44. The quantitative estimate of drug-likeness (QED) is 0.839. The van der Waals surface area contributed by atoms with Crippen LogP contribution >= 0.6 is 11.6 Å². The zero-order chi connectivity index (χ0) is 18.9. The Morgan fingerprint density at radius 3 is 2.58 bits per heavy atom. The van der Waals surface area contributed by atoms with Gasteiger partial charge in [-0.05, 0) is 55.8 Å². The molecular formula is C19H25ClN2O4. The van der Waals surface area contributed by atoms with Gasteiger partial charge in [0.05, 0.1) is 5.02 Å². The summed E-state index contributed by atoms with van der Waals surface area (Å²) in [4.78, 5) is 28.2. The number of likely N-dealkylation sites (tertiary alicyclic amines) is 2. The van der Waals surface area contributed by atoms with E-state index in [4.69, 9.17) is 11.6 Å². The lowest BCUT2D eigenvalue weighted by molar-refractivity contribution is -0.142. The van der Waals surface area contributed by atoms with Crippen molar-refractivity contribution in [2.45, 2.75) is 38.6 Å². The highest BCUT2D eigenvalue weighted by Gasteiger charge is 2.48. The number of carbonyl (C=O) groups excluding carboxylic acids is 1. The summed E-state index contributed by atoms with van der Waals surface area (Å²) in [6, 6.07) is 4.08. The monoisotopic (exact) mass is 380 g/mol. The largest absolute Gasteiger partial charge is 0.506 e. The van der Waals surface area contributed by atoms with Gasteiger partial charge in [0.15, 0.2) is 0 Å². The molecule has 1 spiro atoms. The lowest BCUT2D eigenvalue weighted by atomic mass is 9.76. The first-order valence-electron chi connectivity index (χ1n) is 9.10. The predicted octanol–water partition coefficient (Wildman–Crippen LogP) is 2.84. The number of phenols is 1. The van der Waals surface area contributed by atoms with E-state index >= 15 is 0 Å². The van der Waals surface area contributed by atoms with Crippen LogP contribution < -0.4 is 0 Å². The number of carboxylic acid groups (broad SMARTS) is 1. The summed E-state index contributed by atoms with van der Waals surface area (Å²) in [7, 11) is 0. The smallest absolute Gasteiger partial charge is 0.320 e. The van der Waals surface area contributed by atoms with Crippen LogP contribution in [0.3, 0.4) is 0 Å². The molecular weight excluding hydrogens is 356 g/mol. The normalized spacial score (nSPS) is 22.7. The highest BCUT2D eigenvalue weighted by Crippen LogP contribution is 2.43. The molecule has 142 valence electrons. The number of carboxylic acids is 1. The van der Waals surface area contributed by atoms with Crippen molar-refractivity contribution in [1.29, 1.82) is 0 Å². The molecule has 26 heavy (non-hydrogen) atoms. The fourth-order valence-corrected chi connectivity index (χ4v) is 4.46. The Kier molecular flexibility index (Phi) is 5.44. The van der Waals surface area contributed by atoms with E-state index in [0.717, 1.165) is 32.4 Å². The van der Waals surface area contributed by atoms with Gasteiger partial charge in [-0.15, -0.1) is 0 Å². The number of halogens is 1. The highest BCUT2D eigenvalue weighted by molar-refractivity contribution is 6.32. The molecule has 0 aromatic heterocycles. The number of carbonyl (C=O) groups is 2. The van der Waals surface area contributed by atoms with Crippen LogP contribution in [-0.4, -0.2) is 64.1 Å². The number of piperidine rings is 1. The average molecular weight is 381 g/mol. The van der Waals surface area contributed by atoms with Crippen molar-refractivity contribution in [3.8, 4) is 5.75 Å². The third kappa shape index (κ3) is 3.67. The van der Waals surface area contributed by atoms with Crippen LogP contribution in [0.1, 0.15) is 43.0 Å². The molecule has 0 saturated carbocycles. The van der Waals surface area contributed by atoms with Crippen LogP contribution in [0.25, 0.3) is 0 Å². The molecule has 0 bridgehead atoms. The summed E-state index contributed by atoms with van der Waals surface area (Å²) >= 11 is 5.90. The van der Waals surface area contributed by atoms with Crippen molar-refractivity contribution in [1.82, 2.24) is 9.80 Å². The van der Waals surface area contributed by atoms with Crippen LogP contribution in [0.2, 0.25) is 5.02 Å². The Balaban J connectivity index is 1.66. The van der Waals surface area contributed by atoms with E-state index in [1.54, 1.807) is 11.0 Å². The van der Waals surface area contributed by atoms with Gasteiger partial charge in [0.2, 0.25) is 0 Å². The van der Waals surface area contributed by atoms with Crippen LogP contribution in [-0.2, 0) is 4.79 Å². The second-order valence-corrected chi connectivity index (χ2v) is 7.89. The van der Waals surface area contributed by atoms with Gasteiger partial charge in [0.1, 0.15) is 11.8 Å². The molecule has 2 aliphatic heterocycles. The van der Waals surface area contributed by atoms with Gasteiger partial charge in [-0.3, -0.25) is 14.5 Å². The Labute approximate surface area is 158 Å². The number of phenolic OH excluding ortho intramolecular Hbond substituents is 1. The van der Waals surface area contributed by atoms with Crippen molar-refractivity contribution in [3.05, 3.63) is 28.8 Å². The standard InChI is InChI=1S/C19H25ClN2O4/c1-2-7-22-12-19(11-15(22)18(25)26)5-8-21(9-6-19)17(24)13-3-4-16(23)14(20)10-13/h3-4,10,15,23H,2,5-9,11-12H2,1H3,(H,25,26)/t15-/m0/s1. The van der Waals surface area contributed by atoms with E-state index < -0.39 is 12.0 Å². The minimum Gasteiger partial charge on any atom is -0.506 e. The topological polar surface area (TPSA) is 81.1 Å². The molecule has 3 rings (SSSR count). The number of benzene rings is 1. The van der Waals surface area contributed by atoms with Gasteiger partial charge >= 0.3 is 5.97 Å². The van der Waals surface area contributed by atoms with Gasteiger partial charge in [0, 0.05) is 25.2 Å². The summed E-state index contributed by atoms with van der Waals surface area (Å²) in [6.45, 7) is 4.89. The van der Waals surface area contributed by atoms with Gasteiger partial charge in [-0.1, -0.05) is 18.5 Å². The summed E-state index contributed by atoms with van der Waals surface area (Å²) in [6.07, 6.45) is 3.23. The number of nitrogens with zero attached hydrogens (tertiary/aromatic N) is 2. The number of aromatic hydroxyl groups is 1. The third-order valence-corrected chi connectivity index (χ3v) is 6.01. The molecule has 2 heterocycles. The van der Waals surface area contributed by atoms with E-state index in [1.165, 1.54) is 12.1 Å². The van der Waals surface area contributed by atoms with Gasteiger partial charge < -0.3 is 15.1 Å². The van der Waals surface area contributed by atoms with Crippen molar-refractivity contribution < 1.29 is 19.8 Å². The van der Waals surface area contributed by atoms with E-state index in [-0.39, 0.29) is 22.1 Å². The van der Waals surface area contributed by atoms with Crippen LogP contribution in [0.15, 0.2) is 18.2 Å². The van der Waals surface area contributed by atoms with Crippen molar-refractivity contribution in [2.75, 3.05) is 26.2 Å². The summed E-state index contributed by atoms with van der Waals surface area (Å²) in [5, 5.41) is 19.2. The number of aliphatic carboxylic acids is 1. The van der Waals surface area contributed by atoms with E-state index in [2.05, 4.69) is 11.8 Å². The first kappa shape index (κ1) is 19.0. The third-order valence-electron chi connectivity index (χ3n) is 5.71. The molecule has 0 radical (unpaired) electrons. The van der Waals surface area contributed by atoms with E-state index in [0.29, 0.717) is 25.1 Å². The Hall–Kier alpha value is -1.79. The van der Waals surface area contributed by atoms with Crippen LogP contribution in [0.5, 0.6) is 5.75 Å². The Bertz CT molecular complexity index is 701. The lowest BCUT2D eigenvalue weighted by Gasteiger charge is -2.39. The molecule has 7 heteroatoms. The SMILES string of the molecule is CCCN1CC2(CCN(C(=O)c3ccc(O)c(Cl)c3)CC2)C[C@H]1C(=O)O.